The summed E-state index contributed by atoms with van der Waals surface area (Å²) in [6, 6.07) is 0.353. The van der Waals surface area contributed by atoms with Crippen LogP contribution in [0.4, 0.5) is 4.79 Å². The first kappa shape index (κ1) is 17.6. The average molecular weight is 309 g/mol. The fourth-order valence-corrected chi connectivity index (χ4v) is 4.01. The minimum atomic E-state index is 0.0106. The maximum Gasteiger partial charge on any atom is 0.315 e. The van der Waals surface area contributed by atoms with Gasteiger partial charge < -0.3 is 10.6 Å². The number of hydrogen-bond donors (Lipinski definition) is 2. The molecule has 0 aromatic heterocycles. The number of nitrogens with one attached hydrogen (secondary N) is 2. The van der Waals surface area contributed by atoms with Gasteiger partial charge in [0.15, 0.2) is 0 Å². The number of rotatable bonds is 4. The van der Waals surface area contributed by atoms with Gasteiger partial charge in [0.2, 0.25) is 0 Å². The third-order valence-electron chi connectivity index (χ3n) is 5.64. The molecule has 2 fully saturated rings. The molecule has 0 bridgehead atoms. The lowest BCUT2D eigenvalue weighted by Crippen LogP contribution is -2.56. The van der Waals surface area contributed by atoms with Crippen LogP contribution in [0.15, 0.2) is 0 Å². The first-order chi connectivity index (χ1) is 10.4. The smallest absolute Gasteiger partial charge is 0.315 e. The highest BCUT2D eigenvalue weighted by molar-refractivity contribution is 5.74. The first-order valence-corrected chi connectivity index (χ1v) is 9.18. The molecule has 0 aromatic rings. The highest BCUT2D eigenvalue weighted by Gasteiger charge is 2.30. The molecule has 128 valence electrons. The SMILES string of the molecule is C[C@@H]1CC[C@H](NC(=O)NCC(C)(C)N2CCCCC2)[C@@H](C)C1. The minimum absolute atomic E-state index is 0.0106. The number of likely N-dealkylation sites (tertiary alicyclic amines) is 1. The quantitative estimate of drug-likeness (QED) is 0.836. The molecule has 1 saturated heterocycles. The standard InChI is InChI=1S/C18H35N3O/c1-14-8-9-16(15(2)12-14)20-17(22)19-13-18(3,4)21-10-6-5-7-11-21/h14-16H,5-13H2,1-4H3,(H2,19,20,22)/t14-,15+,16+/m1/s1. The summed E-state index contributed by atoms with van der Waals surface area (Å²) in [5.41, 5.74) is 0.0461. The molecule has 1 heterocycles. The van der Waals surface area contributed by atoms with Crippen LogP contribution in [0, 0.1) is 11.8 Å². The third-order valence-corrected chi connectivity index (χ3v) is 5.64. The summed E-state index contributed by atoms with van der Waals surface area (Å²) >= 11 is 0. The summed E-state index contributed by atoms with van der Waals surface area (Å²) in [6.45, 7) is 12.1. The summed E-state index contributed by atoms with van der Waals surface area (Å²) in [6.07, 6.45) is 7.49. The largest absolute Gasteiger partial charge is 0.336 e. The Hall–Kier alpha value is -0.770. The van der Waals surface area contributed by atoms with Crippen LogP contribution in [0.3, 0.4) is 0 Å². The van der Waals surface area contributed by atoms with Crippen LogP contribution in [0.2, 0.25) is 0 Å². The van der Waals surface area contributed by atoms with Gasteiger partial charge in [-0.3, -0.25) is 4.90 Å². The van der Waals surface area contributed by atoms with Crippen molar-refractivity contribution in [2.75, 3.05) is 19.6 Å². The normalized spacial score (nSPS) is 30.8. The first-order valence-electron chi connectivity index (χ1n) is 9.18. The van der Waals surface area contributed by atoms with E-state index in [4.69, 9.17) is 0 Å². The molecule has 0 unspecified atom stereocenters. The molecule has 2 aliphatic rings. The average Bonchev–Trinajstić information content (AvgIpc) is 2.49. The van der Waals surface area contributed by atoms with Crippen LogP contribution in [0.25, 0.3) is 0 Å². The second-order valence-corrected chi connectivity index (χ2v) is 8.19. The molecule has 4 heteroatoms. The molecule has 1 aliphatic heterocycles. The van der Waals surface area contributed by atoms with Crippen LogP contribution in [-0.2, 0) is 0 Å². The summed E-state index contributed by atoms with van der Waals surface area (Å²) in [5.74, 6) is 1.39. The number of carbonyl (C=O) groups is 1. The summed E-state index contributed by atoms with van der Waals surface area (Å²) < 4.78 is 0. The predicted molar refractivity (Wildman–Crippen MR) is 92.0 cm³/mol. The Balaban J connectivity index is 1.74. The van der Waals surface area contributed by atoms with E-state index in [-0.39, 0.29) is 11.6 Å². The van der Waals surface area contributed by atoms with Crippen molar-refractivity contribution in [3.8, 4) is 0 Å². The summed E-state index contributed by atoms with van der Waals surface area (Å²) in [7, 11) is 0. The Kier molecular flexibility index (Phi) is 6.13. The molecule has 1 saturated carbocycles. The van der Waals surface area contributed by atoms with Crippen molar-refractivity contribution in [3.63, 3.8) is 0 Å². The number of amides is 2. The Morgan fingerprint density at radius 3 is 2.45 bits per heavy atom. The number of urea groups is 1. The van der Waals surface area contributed by atoms with Gasteiger partial charge in [-0.25, -0.2) is 4.79 Å². The molecule has 1 aliphatic carbocycles. The lowest BCUT2D eigenvalue weighted by Gasteiger charge is -2.41. The van der Waals surface area contributed by atoms with Gasteiger partial charge in [0, 0.05) is 18.1 Å². The Morgan fingerprint density at radius 1 is 1.14 bits per heavy atom. The van der Waals surface area contributed by atoms with Crippen molar-refractivity contribution < 1.29 is 4.79 Å². The second-order valence-electron chi connectivity index (χ2n) is 8.19. The van der Waals surface area contributed by atoms with Crippen LogP contribution < -0.4 is 10.6 Å². The van der Waals surface area contributed by atoms with Gasteiger partial charge in [0.25, 0.3) is 0 Å². The van der Waals surface area contributed by atoms with Crippen LogP contribution >= 0.6 is 0 Å². The molecule has 0 spiro atoms. The van der Waals surface area contributed by atoms with E-state index < -0.39 is 0 Å². The third kappa shape index (κ3) is 4.87. The molecular formula is C18H35N3O. The highest BCUT2D eigenvalue weighted by Crippen LogP contribution is 2.28. The Morgan fingerprint density at radius 2 is 1.82 bits per heavy atom. The maximum absolute atomic E-state index is 12.2. The van der Waals surface area contributed by atoms with E-state index in [1.807, 2.05) is 0 Å². The zero-order chi connectivity index (χ0) is 16.2. The zero-order valence-corrected chi connectivity index (χ0v) is 15.0. The van der Waals surface area contributed by atoms with Gasteiger partial charge in [0.1, 0.15) is 0 Å². The van der Waals surface area contributed by atoms with Crippen molar-refractivity contribution in [1.82, 2.24) is 15.5 Å². The van der Waals surface area contributed by atoms with E-state index in [9.17, 15) is 4.79 Å². The molecule has 0 aromatic carbocycles. The Labute approximate surface area is 136 Å². The topological polar surface area (TPSA) is 44.4 Å². The number of hydrogen-bond acceptors (Lipinski definition) is 2. The van der Waals surface area contributed by atoms with Gasteiger partial charge in [0.05, 0.1) is 0 Å². The van der Waals surface area contributed by atoms with Crippen molar-refractivity contribution in [3.05, 3.63) is 0 Å². The molecule has 4 nitrogen and oxygen atoms in total. The molecule has 2 N–H and O–H groups in total. The lowest BCUT2D eigenvalue weighted by atomic mass is 9.80. The van der Waals surface area contributed by atoms with Crippen molar-refractivity contribution in [1.29, 1.82) is 0 Å². The van der Waals surface area contributed by atoms with E-state index in [2.05, 4.69) is 43.2 Å². The predicted octanol–water partition coefficient (Wildman–Crippen LogP) is 3.37. The molecule has 22 heavy (non-hydrogen) atoms. The van der Waals surface area contributed by atoms with Gasteiger partial charge in [-0.15, -0.1) is 0 Å². The van der Waals surface area contributed by atoms with E-state index in [1.165, 1.54) is 32.1 Å². The monoisotopic (exact) mass is 309 g/mol. The van der Waals surface area contributed by atoms with Gasteiger partial charge in [-0.2, -0.15) is 0 Å². The van der Waals surface area contributed by atoms with Crippen LogP contribution in [0.5, 0.6) is 0 Å². The van der Waals surface area contributed by atoms with Gasteiger partial charge >= 0.3 is 6.03 Å². The van der Waals surface area contributed by atoms with Crippen molar-refractivity contribution in [2.45, 2.75) is 77.8 Å². The maximum atomic E-state index is 12.2. The molecule has 2 amide bonds. The number of nitrogens with zero attached hydrogens (tertiary/aromatic N) is 1. The second kappa shape index (κ2) is 7.67. The summed E-state index contributed by atoms with van der Waals surface area (Å²) in [5, 5.41) is 6.30. The Bertz CT molecular complexity index is 363. The fraction of sp³-hybridized carbons (Fsp3) is 0.944. The fourth-order valence-electron chi connectivity index (χ4n) is 4.01. The number of piperidine rings is 1. The van der Waals surface area contributed by atoms with Gasteiger partial charge in [-0.1, -0.05) is 20.3 Å². The van der Waals surface area contributed by atoms with Gasteiger partial charge in [-0.05, 0) is 70.9 Å². The highest BCUT2D eigenvalue weighted by atomic mass is 16.2. The molecule has 3 atom stereocenters. The van der Waals surface area contributed by atoms with Crippen molar-refractivity contribution in [2.24, 2.45) is 11.8 Å². The van der Waals surface area contributed by atoms with E-state index in [0.717, 1.165) is 32.0 Å². The lowest BCUT2D eigenvalue weighted by molar-refractivity contribution is 0.0955. The molecule has 2 rings (SSSR count). The zero-order valence-electron chi connectivity index (χ0n) is 15.0. The molecular weight excluding hydrogens is 274 g/mol. The van der Waals surface area contributed by atoms with E-state index in [1.54, 1.807) is 0 Å². The number of carbonyl (C=O) groups excluding carboxylic acids is 1. The minimum Gasteiger partial charge on any atom is -0.336 e. The van der Waals surface area contributed by atoms with E-state index in [0.29, 0.717) is 12.0 Å². The van der Waals surface area contributed by atoms with Crippen molar-refractivity contribution >= 4 is 6.03 Å². The van der Waals surface area contributed by atoms with E-state index >= 15 is 0 Å². The molecule has 0 radical (unpaired) electrons. The van der Waals surface area contributed by atoms with Crippen LogP contribution in [0.1, 0.15) is 66.2 Å². The summed E-state index contributed by atoms with van der Waals surface area (Å²) in [4.78, 5) is 14.7. The van der Waals surface area contributed by atoms with Crippen LogP contribution in [-0.4, -0.2) is 42.1 Å².